The molecule has 0 heterocycles. The lowest BCUT2D eigenvalue weighted by Crippen LogP contribution is -2.23. The lowest BCUT2D eigenvalue weighted by molar-refractivity contribution is -0.155. The average Bonchev–Trinajstić information content (AvgIpc) is 2.61. The third kappa shape index (κ3) is 8.37. The molecule has 1 rings (SSSR count). The number of benzene rings is 1. The monoisotopic (exact) mass is 390 g/mol. The third-order valence-corrected chi connectivity index (χ3v) is 3.87. The minimum absolute atomic E-state index is 0.164. The zero-order valence-electron chi connectivity index (χ0n) is 17.5. The van der Waals surface area contributed by atoms with E-state index in [2.05, 4.69) is 0 Å². The summed E-state index contributed by atoms with van der Waals surface area (Å²) in [5, 5.41) is 0. The Hall–Kier alpha value is -2.63. The van der Waals surface area contributed by atoms with Crippen LogP contribution in [0.3, 0.4) is 0 Å². The van der Waals surface area contributed by atoms with E-state index in [0.717, 1.165) is 5.56 Å². The van der Waals surface area contributed by atoms with E-state index in [1.54, 1.807) is 31.2 Å². The first kappa shape index (κ1) is 23.4. The molecule has 6 heteroatoms. The minimum atomic E-state index is -0.647. The average molecular weight is 390 g/mol. The highest BCUT2D eigenvalue weighted by molar-refractivity contribution is 6.07. The van der Waals surface area contributed by atoms with Crippen molar-refractivity contribution >= 4 is 23.6 Å². The van der Waals surface area contributed by atoms with Crippen molar-refractivity contribution in [2.24, 2.45) is 5.92 Å². The topological polar surface area (TPSA) is 78.9 Å². The number of ether oxygens (including phenoxy) is 3. The Morgan fingerprint density at radius 1 is 1.14 bits per heavy atom. The number of ketones is 2. The number of methoxy groups -OCH3 is 1. The molecule has 0 aliphatic rings. The number of Topliss-reactive ketones (excluding diaryl/α,β-unsaturated/α-hetero) is 1. The molecule has 6 nitrogen and oxygen atoms in total. The molecule has 1 aromatic rings. The molecule has 0 amide bonds. The molecule has 1 unspecified atom stereocenters. The van der Waals surface area contributed by atoms with E-state index < -0.39 is 11.5 Å². The summed E-state index contributed by atoms with van der Waals surface area (Å²) >= 11 is 0. The molecular weight excluding hydrogens is 360 g/mol. The third-order valence-electron chi connectivity index (χ3n) is 3.87. The SMILES string of the molecule is COc1cc(/C=C/C(=O)C(C)C(C)=O)ccc1OCCCC(=O)OC(C)(C)C. The Labute approximate surface area is 166 Å². The van der Waals surface area contributed by atoms with Crippen molar-refractivity contribution in [2.75, 3.05) is 13.7 Å². The lowest BCUT2D eigenvalue weighted by Gasteiger charge is -2.19. The largest absolute Gasteiger partial charge is 0.493 e. The van der Waals surface area contributed by atoms with E-state index in [0.29, 0.717) is 24.5 Å². The van der Waals surface area contributed by atoms with Gasteiger partial charge in [0.1, 0.15) is 11.4 Å². The Kier molecular flexibility index (Phi) is 8.89. The summed E-state index contributed by atoms with van der Waals surface area (Å²) in [5.74, 6) is -0.242. The van der Waals surface area contributed by atoms with Gasteiger partial charge in [0.15, 0.2) is 17.3 Å². The number of carbonyl (C=O) groups is 3. The summed E-state index contributed by atoms with van der Waals surface area (Å²) in [4.78, 5) is 34.8. The first-order valence-electron chi connectivity index (χ1n) is 9.28. The highest BCUT2D eigenvalue weighted by Crippen LogP contribution is 2.29. The minimum Gasteiger partial charge on any atom is -0.493 e. The van der Waals surface area contributed by atoms with Gasteiger partial charge in [-0.3, -0.25) is 14.4 Å². The van der Waals surface area contributed by atoms with Crippen LogP contribution in [0.5, 0.6) is 11.5 Å². The summed E-state index contributed by atoms with van der Waals surface area (Å²) < 4.78 is 16.3. The summed E-state index contributed by atoms with van der Waals surface area (Å²) in [6.07, 6.45) is 3.83. The molecule has 0 bridgehead atoms. The summed E-state index contributed by atoms with van der Waals surface area (Å²) in [6.45, 7) is 8.82. The van der Waals surface area contributed by atoms with Gasteiger partial charge in [0.05, 0.1) is 19.6 Å². The predicted molar refractivity (Wildman–Crippen MR) is 107 cm³/mol. The van der Waals surface area contributed by atoms with Gasteiger partial charge in [-0.2, -0.15) is 0 Å². The molecule has 0 saturated heterocycles. The Bertz CT molecular complexity index is 727. The highest BCUT2D eigenvalue weighted by atomic mass is 16.6. The Morgan fingerprint density at radius 3 is 2.39 bits per heavy atom. The number of esters is 1. The molecule has 0 aromatic heterocycles. The molecule has 1 atom stereocenters. The van der Waals surface area contributed by atoms with E-state index >= 15 is 0 Å². The zero-order valence-corrected chi connectivity index (χ0v) is 17.5. The van der Waals surface area contributed by atoms with E-state index in [4.69, 9.17) is 14.2 Å². The van der Waals surface area contributed by atoms with Crippen molar-refractivity contribution < 1.29 is 28.6 Å². The van der Waals surface area contributed by atoms with Crippen LogP contribution in [0.15, 0.2) is 24.3 Å². The fourth-order valence-electron chi connectivity index (χ4n) is 2.22. The van der Waals surface area contributed by atoms with Crippen LogP contribution in [-0.2, 0) is 19.1 Å². The van der Waals surface area contributed by atoms with Crippen LogP contribution in [0, 0.1) is 5.92 Å². The van der Waals surface area contributed by atoms with Crippen LogP contribution >= 0.6 is 0 Å². The van der Waals surface area contributed by atoms with E-state index in [1.807, 2.05) is 20.8 Å². The normalized spacial score (nSPS) is 12.5. The van der Waals surface area contributed by atoms with Crippen molar-refractivity contribution in [2.45, 2.75) is 53.1 Å². The van der Waals surface area contributed by atoms with E-state index in [-0.39, 0.29) is 24.0 Å². The van der Waals surface area contributed by atoms with Crippen LogP contribution < -0.4 is 9.47 Å². The molecule has 0 fully saturated rings. The highest BCUT2D eigenvalue weighted by Gasteiger charge is 2.16. The van der Waals surface area contributed by atoms with Crippen LogP contribution in [0.25, 0.3) is 6.08 Å². The van der Waals surface area contributed by atoms with Crippen molar-refractivity contribution in [1.29, 1.82) is 0 Å². The van der Waals surface area contributed by atoms with Crippen LogP contribution in [0.2, 0.25) is 0 Å². The number of hydrogen-bond acceptors (Lipinski definition) is 6. The number of carbonyl (C=O) groups excluding carboxylic acids is 3. The molecule has 0 aliphatic carbocycles. The van der Waals surface area contributed by atoms with Gasteiger partial charge in [-0.05, 0) is 64.8 Å². The van der Waals surface area contributed by atoms with Crippen LogP contribution in [0.4, 0.5) is 0 Å². The zero-order chi connectivity index (χ0) is 21.3. The molecule has 154 valence electrons. The maximum atomic E-state index is 11.9. The van der Waals surface area contributed by atoms with Crippen LogP contribution in [-0.4, -0.2) is 36.9 Å². The van der Waals surface area contributed by atoms with Gasteiger partial charge in [-0.1, -0.05) is 12.1 Å². The Morgan fingerprint density at radius 2 is 1.82 bits per heavy atom. The second kappa shape index (κ2) is 10.6. The van der Waals surface area contributed by atoms with Crippen molar-refractivity contribution in [1.82, 2.24) is 0 Å². The first-order chi connectivity index (χ1) is 13.0. The number of hydrogen-bond donors (Lipinski definition) is 0. The fraction of sp³-hybridized carbons (Fsp3) is 0.500. The van der Waals surface area contributed by atoms with Crippen molar-refractivity contribution in [3.05, 3.63) is 29.8 Å². The predicted octanol–water partition coefficient (Wildman–Crippen LogP) is 4.00. The van der Waals surface area contributed by atoms with Gasteiger partial charge < -0.3 is 14.2 Å². The molecule has 0 N–H and O–H groups in total. The van der Waals surface area contributed by atoms with Gasteiger partial charge in [0, 0.05) is 6.42 Å². The molecule has 1 aromatic carbocycles. The first-order valence-corrected chi connectivity index (χ1v) is 9.28. The van der Waals surface area contributed by atoms with Gasteiger partial charge in [0.25, 0.3) is 0 Å². The van der Waals surface area contributed by atoms with Gasteiger partial charge in [-0.15, -0.1) is 0 Å². The van der Waals surface area contributed by atoms with Gasteiger partial charge >= 0.3 is 5.97 Å². The number of rotatable bonds is 10. The fourth-order valence-corrected chi connectivity index (χ4v) is 2.22. The molecule has 0 spiro atoms. The van der Waals surface area contributed by atoms with Crippen LogP contribution in [0.1, 0.15) is 53.0 Å². The van der Waals surface area contributed by atoms with E-state index in [1.165, 1.54) is 20.1 Å². The smallest absolute Gasteiger partial charge is 0.306 e. The maximum absolute atomic E-state index is 11.9. The number of allylic oxidation sites excluding steroid dienone is 1. The summed E-state index contributed by atoms with van der Waals surface area (Å²) in [5.41, 5.74) is 0.260. The summed E-state index contributed by atoms with van der Waals surface area (Å²) in [6, 6.07) is 5.27. The van der Waals surface area contributed by atoms with Crippen molar-refractivity contribution in [3.8, 4) is 11.5 Å². The van der Waals surface area contributed by atoms with Crippen molar-refractivity contribution in [3.63, 3.8) is 0 Å². The molecule has 0 aliphatic heterocycles. The molecule has 0 saturated carbocycles. The second-order valence-corrected chi connectivity index (χ2v) is 7.52. The standard InChI is InChI=1S/C22H30O6/c1-15(16(2)23)18(24)11-9-17-10-12-19(20(14-17)26-6)27-13-7-8-21(25)28-22(3,4)5/h9-12,14-15H,7-8,13H2,1-6H3/b11-9+. The Balaban J connectivity index is 2.62. The molecule has 28 heavy (non-hydrogen) atoms. The van der Waals surface area contributed by atoms with E-state index in [9.17, 15) is 14.4 Å². The lowest BCUT2D eigenvalue weighted by atomic mass is 10.0. The quantitative estimate of drug-likeness (QED) is 0.260. The second-order valence-electron chi connectivity index (χ2n) is 7.52. The van der Waals surface area contributed by atoms with Gasteiger partial charge in [0.2, 0.25) is 0 Å². The maximum Gasteiger partial charge on any atom is 0.306 e. The molecule has 0 radical (unpaired) electrons. The summed E-state index contributed by atoms with van der Waals surface area (Å²) in [7, 11) is 1.53. The molecular formula is C22H30O6. The van der Waals surface area contributed by atoms with Gasteiger partial charge in [-0.25, -0.2) is 0 Å².